The second kappa shape index (κ2) is 9.64. The molecule has 0 radical (unpaired) electrons. The number of aromatic nitrogens is 2. The van der Waals surface area contributed by atoms with E-state index in [1.54, 1.807) is 36.7 Å². The molecule has 28 heavy (non-hydrogen) atoms. The molecule has 0 saturated heterocycles. The zero-order valence-corrected chi connectivity index (χ0v) is 16.5. The van der Waals surface area contributed by atoms with E-state index in [9.17, 15) is 9.59 Å². The summed E-state index contributed by atoms with van der Waals surface area (Å²) in [4.78, 5) is 32.6. The van der Waals surface area contributed by atoms with Crippen LogP contribution < -0.4 is 10.6 Å². The molecule has 1 aromatic heterocycles. The highest BCUT2D eigenvalue weighted by Crippen LogP contribution is 2.34. The molecule has 1 aliphatic rings. The first kappa shape index (κ1) is 20.3. The highest BCUT2D eigenvalue weighted by molar-refractivity contribution is 6.30. The molecule has 1 fully saturated rings. The third kappa shape index (κ3) is 5.76. The van der Waals surface area contributed by atoms with Gasteiger partial charge in [0.05, 0.1) is 6.20 Å². The first-order valence-electron chi connectivity index (χ1n) is 9.70. The zero-order chi connectivity index (χ0) is 19.8. The van der Waals surface area contributed by atoms with Crippen molar-refractivity contribution in [1.82, 2.24) is 15.3 Å². The van der Waals surface area contributed by atoms with E-state index in [1.807, 2.05) is 0 Å². The third-order valence-electron chi connectivity index (χ3n) is 5.17. The van der Waals surface area contributed by atoms with Crippen molar-refractivity contribution in [2.75, 3.05) is 5.32 Å². The average Bonchev–Trinajstić information content (AvgIpc) is 3.14. The van der Waals surface area contributed by atoms with Gasteiger partial charge in [0, 0.05) is 34.9 Å². The minimum atomic E-state index is -0.180. The predicted octanol–water partition coefficient (Wildman–Crippen LogP) is 4.37. The summed E-state index contributed by atoms with van der Waals surface area (Å²) in [6, 6.07) is 7.01. The molecule has 1 saturated carbocycles. The number of rotatable bonds is 8. The van der Waals surface area contributed by atoms with Gasteiger partial charge in [0.25, 0.3) is 5.91 Å². The molecule has 2 amide bonds. The molecule has 0 bridgehead atoms. The quantitative estimate of drug-likeness (QED) is 0.644. The number of hydrogen-bond donors (Lipinski definition) is 2. The van der Waals surface area contributed by atoms with Crippen LogP contribution >= 0.6 is 11.6 Å². The molecule has 1 aromatic carbocycles. The number of carbonyl (C=O) groups excluding carboxylic acids is 2. The van der Waals surface area contributed by atoms with Gasteiger partial charge in [-0.2, -0.15) is 0 Å². The largest absolute Gasteiger partial charge is 0.347 e. The minimum Gasteiger partial charge on any atom is -0.347 e. The molecule has 0 spiro atoms. The third-order valence-corrected chi connectivity index (χ3v) is 5.40. The molecule has 3 rings (SSSR count). The number of halogens is 1. The highest BCUT2D eigenvalue weighted by Gasteiger charge is 2.34. The summed E-state index contributed by atoms with van der Waals surface area (Å²) in [5.41, 5.74) is 0.406. The molecule has 1 aliphatic carbocycles. The van der Waals surface area contributed by atoms with Crippen molar-refractivity contribution >= 4 is 29.2 Å². The Morgan fingerprint density at radius 1 is 1.14 bits per heavy atom. The van der Waals surface area contributed by atoms with Gasteiger partial charge in [-0.25, -0.2) is 4.98 Å². The molecular weight excluding hydrogens is 376 g/mol. The van der Waals surface area contributed by atoms with E-state index in [2.05, 4.69) is 20.6 Å². The number of anilines is 1. The zero-order valence-electron chi connectivity index (χ0n) is 15.8. The summed E-state index contributed by atoms with van der Waals surface area (Å²) in [7, 11) is 0. The van der Waals surface area contributed by atoms with Gasteiger partial charge >= 0.3 is 0 Å². The molecule has 2 aromatic rings. The van der Waals surface area contributed by atoms with Gasteiger partial charge in [-0.1, -0.05) is 36.9 Å². The summed E-state index contributed by atoms with van der Waals surface area (Å²) < 4.78 is 0. The fourth-order valence-electron chi connectivity index (χ4n) is 3.75. The predicted molar refractivity (Wildman–Crippen MR) is 109 cm³/mol. The highest BCUT2D eigenvalue weighted by atomic mass is 35.5. The van der Waals surface area contributed by atoms with Gasteiger partial charge in [0.2, 0.25) is 5.91 Å². The van der Waals surface area contributed by atoms with Crippen LogP contribution in [0.2, 0.25) is 5.02 Å². The standard InChI is InChI=1S/C21H25ClN4O2/c22-17-7-5-6-16(14-17)20(28)26-21(10-3-4-11-21)9-2-1-8-19(27)25-18-15-23-12-13-24-18/h5-7,12-15H,1-4,8-11H2,(H,26,28)(H,24,25,27). The molecule has 0 aliphatic heterocycles. The Morgan fingerprint density at radius 2 is 1.96 bits per heavy atom. The van der Waals surface area contributed by atoms with Crippen molar-refractivity contribution in [2.45, 2.75) is 56.9 Å². The minimum absolute atomic E-state index is 0.0658. The van der Waals surface area contributed by atoms with Crippen LogP contribution in [0.5, 0.6) is 0 Å². The monoisotopic (exact) mass is 400 g/mol. The van der Waals surface area contributed by atoms with Crippen LogP contribution in [0.1, 0.15) is 61.7 Å². The normalized spacial score (nSPS) is 15.2. The van der Waals surface area contributed by atoms with Crippen LogP contribution in [0.4, 0.5) is 5.82 Å². The van der Waals surface area contributed by atoms with Gasteiger partial charge in [0.1, 0.15) is 0 Å². The summed E-state index contributed by atoms with van der Waals surface area (Å²) in [6.07, 6.45) is 11.8. The summed E-state index contributed by atoms with van der Waals surface area (Å²) in [5.74, 6) is 0.322. The molecule has 0 unspecified atom stereocenters. The van der Waals surface area contributed by atoms with Gasteiger partial charge in [-0.3, -0.25) is 14.6 Å². The van der Waals surface area contributed by atoms with Gasteiger partial charge in [-0.15, -0.1) is 0 Å². The lowest BCUT2D eigenvalue weighted by atomic mass is 9.89. The number of hydrogen-bond acceptors (Lipinski definition) is 4. The van der Waals surface area contributed by atoms with Gasteiger partial charge < -0.3 is 10.6 Å². The Hall–Kier alpha value is -2.47. The number of benzene rings is 1. The summed E-state index contributed by atoms with van der Waals surface area (Å²) in [6.45, 7) is 0. The molecule has 6 nitrogen and oxygen atoms in total. The molecule has 148 valence electrons. The van der Waals surface area contributed by atoms with Crippen molar-refractivity contribution in [3.8, 4) is 0 Å². The van der Waals surface area contributed by atoms with Crippen molar-refractivity contribution in [3.63, 3.8) is 0 Å². The van der Waals surface area contributed by atoms with Crippen LogP contribution in [0, 0.1) is 0 Å². The van der Waals surface area contributed by atoms with Gasteiger partial charge in [-0.05, 0) is 43.9 Å². The summed E-state index contributed by atoms with van der Waals surface area (Å²) in [5, 5.41) is 6.55. The first-order chi connectivity index (χ1) is 13.6. The second-order valence-electron chi connectivity index (χ2n) is 7.30. The Labute approximate surface area is 170 Å². The van der Waals surface area contributed by atoms with Crippen LogP contribution in [0.3, 0.4) is 0 Å². The van der Waals surface area contributed by atoms with E-state index in [0.29, 0.717) is 22.8 Å². The van der Waals surface area contributed by atoms with Gasteiger partial charge in [0.15, 0.2) is 5.82 Å². The Bertz CT molecular complexity index is 807. The Balaban J connectivity index is 1.47. The maximum atomic E-state index is 12.7. The fraction of sp³-hybridized carbons (Fsp3) is 0.429. The molecule has 7 heteroatoms. The van der Waals surface area contributed by atoms with Crippen LogP contribution in [-0.4, -0.2) is 27.3 Å². The van der Waals surface area contributed by atoms with E-state index < -0.39 is 0 Å². The number of nitrogens with one attached hydrogen (secondary N) is 2. The Morgan fingerprint density at radius 3 is 2.68 bits per heavy atom. The van der Waals surface area contributed by atoms with E-state index in [1.165, 1.54) is 6.20 Å². The lowest BCUT2D eigenvalue weighted by Crippen LogP contribution is -2.46. The second-order valence-corrected chi connectivity index (χ2v) is 7.73. The molecule has 1 heterocycles. The number of amides is 2. The fourth-order valence-corrected chi connectivity index (χ4v) is 3.94. The van der Waals surface area contributed by atoms with Crippen LogP contribution in [0.15, 0.2) is 42.9 Å². The van der Waals surface area contributed by atoms with E-state index in [-0.39, 0.29) is 17.4 Å². The number of unbranched alkanes of at least 4 members (excludes halogenated alkanes) is 1. The van der Waals surface area contributed by atoms with E-state index >= 15 is 0 Å². The lowest BCUT2D eigenvalue weighted by Gasteiger charge is -2.30. The molecule has 0 atom stereocenters. The molecular formula is C21H25ClN4O2. The SMILES string of the molecule is O=C(CCCCC1(NC(=O)c2cccc(Cl)c2)CCCC1)Nc1cnccn1. The van der Waals surface area contributed by atoms with Crippen molar-refractivity contribution in [2.24, 2.45) is 0 Å². The first-order valence-corrected chi connectivity index (χ1v) is 10.1. The van der Waals surface area contributed by atoms with E-state index in [0.717, 1.165) is 44.9 Å². The topological polar surface area (TPSA) is 84.0 Å². The lowest BCUT2D eigenvalue weighted by molar-refractivity contribution is -0.116. The summed E-state index contributed by atoms with van der Waals surface area (Å²) >= 11 is 6.00. The average molecular weight is 401 g/mol. The number of carbonyl (C=O) groups is 2. The van der Waals surface area contributed by atoms with Crippen molar-refractivity contribution < 1.29 is 9.59 Å². The molecule has 2 N–H and O–H groups in total. The maximum Gasteiger partial charge on any atom is 0.251 e. The van der Waals surface area contributed by atoms with E-state index in [4.69, 9.17) is 11.6 Å². The van der Waals surface area contributed by atoms with Crippen LogP contribution in [0.25, 0.3) is 0 Å². The maximum absolute atomic E-state index is 12.7. The Kier molecular flexibility index (Phi) is 6.98. The van der Waals surface area contributed by atoms with Crippen LogP contribution in [-0.2, 0) is 4.79 Å². The smallest absolute Gasteiger partial charge is 0.251 e. The van der Waals surface area contributed by atoms with Crippen molar-refractivity contribution in [1.29, 1.82) is 0 Å². The van der Waals surface area contributed by atoms with Crippen molar-refractivity contribution in [3.05, 3.63) is 53.4 Å². The number of nitrogens with zero attached hydrogens (tertiary/aromatic N) is 2.